The van der Waals surface area contributed by atoms with Crippen LogP contribution in [-0.4, -0.2) is 0 Å². The van der Waals surface area contributed by atoms with Crippen LogP contribution >= 0.6 is 11.8 Å². The van der Waals surface area contributed by atoms with Crippen LogP contribution in [0, 0.1) is 18.3 Å². The van der Waals surface area contributed by atoms with Gasteiger partial charge in [-0.3, -0.25) is 0 Å². The molecule has 2 aromatic rings. The molecule has 0 amide bonds. The van der Waals surface area contributed by atoms with Gasteiger partial charge in [0.2, 0.25) is 0 Å². The Morgan fingerprint density at radius 1 is 1.14 bits per heavy atom. The number of rotatable bonds is 3. The Bertz CT molecular complexity index is 687. The van der Waals surface area contributed by atoms with Crippen LogP contribution in [0.5, 0.6) is 0 Å². The van der Waals surface area contributed by atoms with Crippen molar-refractivity contribution in [2.45, 2.75) is 23.7 Å². The van der Waals surface area contributed by atoms with Crippen LogP contribution < -0.4 is 0 Å². The van der Waals surface area contributed by atoms with Gasteiger partial charge in [-0.2, -0.15) is 18.4 Å². The van der Waals surface area contributed by atoms with Crippen molar-refractivity contribution in [1.29, 1.82) is 5.26 Å². The fourth-order valence-electron chi connectivity index (χ4n) is 1.92. The van der Waals surface area contributed by atoms with Crippen molar-refractivity contribution in [3.63, 3.8) is 0 Å². The van der Waals surface area contributed by atoms with E-state index in [1.807, 2.05) is 31.2 Å². The largest absolute Gasteiger partial charge is 0.417 e. The van der Waals surface area contributed by atoms with Crippen molar-refractivity contribution in [1.82, 2.24) is 0 Å². The number of alkyl halides is 3. The van der Waals surface area contributed by atoms with Gasteiger partial charge < -0.3 is 0 Å². The van der Waals surface area contributed by atoms with Crippen LogP contribution in [0.1, 0.15) is 22.3 Å². The summed E-state index contributed by atoms with van der Waals surface area (Å²) in [6, 6.07) is 13.2. The number of halogens is 3. The minimum atomic E-state index is -4.50. The maximum Gasteiger partial charge on any atom is 0.417 e. The van der Waals surface area contributed by atoms with Crippen molar-refractivity contribution in [2.24, 2.45) is 0 Å². The van der Waals surface area contributed by atoms with E-state index in [-0.39, 0.29) is 5.56 Å². The van der Waals surface area contributed by atoms with E-state index in [0.29, 0.717) is 10.6 Å². The van der Waals surface area contributed by atoms with E-state index >= 15 is 0 Å². The molecule has 0 fully saturated rings. The third-order valence-corrected chi connectivity index (χ3v) is 3.97. The molecule has 0 saturated heterocycles. The van der Waals surface area contributed by atoms with Gasteiger partial charge in [-0.25, -0.2) is 0 Å². The molecule has 0 aromatic heterocycles. The monoisotopic (exact) mass is 307 g/mol. The third kappa shape index (κ3) is 4.02. The first kappa shape index (κ1) is 15.5. The molecular formula is C16H12F3NS. The van der Waals surface area contributed by atoms with Gasteiger partial charge in [0, 0.05) is 10.6 Å². The van der Waals surface area contributed by atoms with Crippen LogP contribution in [-0.2, 0) is 11.9 Å². The number of nitrogens with zero attached hydrogens (tertiary/aromatic N) is 1. The Hall–Kier alpha value is -1.93. The average molecular weight is 307 g/mol. The highest BCUT2D eigenvalue weighted by Gasteiger charge is 2.33. The summed E-state index contributed by atoms with van der Waals surface area (Å²) in [7, 11) is 0. The summed E-state index contributed by atoms with van der Waals surface area (Å²) in [5, 5.41) is 8.87. The number of nitriles is 1. The van der Waals surface area contributed by atoms with Gasteiger partial charge in [0.1, 0.15) is 0 Å². The Labute approximate surface area is 125 Å². The zero-order valence-electron chi connectivity index (χ0n) is 11.2. The zero-order chi connectivity index (χ0) is 15.5. The fourth-order valence-corrected chi connectivity index (χ4v) is 2.80. The summed E-state index contributed by atoms with van der Waals surface area (Å²) in [4.78, 5) is 0.654. The predicted molar refractivity (Wildman–Crippen MR) is 76.9 cm³/mol. The number of hydrogen-bond acceptors (Lipinski definition) is 2. The summed E-state index contributed by atoms with van der Waals surface area (Å²) >= 11 is 1.41. The lowest BCUT2D eigenvalue weighted by Crippen LogP contribution is -2.07. The summed E-state index contributed by atoms with van der Waals surface area (Å²) < 4.78 is 38.1. The highest BCUT2D eigenvalue weighted by Crippen LogP contribution is 2.34. The summed E-state index contributed by atoms with van der Waals surface area (Å²) in [6.45, 7) is 1.99. The average Bonchev–Trinajstić information content (AvgIpc) is 2.44. The first-order chi connectivity index (χ1) is 9.90. The molecule has 0 aliphatic rings. The van der Waals surface area contributed by atoms with Crippen molar-refractivity contribution >= 4 is 11.8 Å². The number of benzene rings is 2. The molecule has 0 N–H and O–H groups in total. The lowest BCUT2D eigenvalue weighted by atomic mass is 10.1. The van der Waals surface area contributed by atoms with E-state index in [4.69, 9.17) is 5.26 Å². The number of hydrogen-bond donors (Lipinski definition) is 0. The van der Waals surface area contributed by atoms with E-state index in [9.17, 15) is 13.2 Å². The SMILES string of the molecule is Cc1cccc(CSc2ccc(C(F)(F)F)c(C#N)c2)c1. The Kier molecular flexibility index (Phi) is 4.59. The third-order valence-electron chi connectivity index (χ3n) is 2.90. The van der Waals surface area contributed by atoms with Crippen molar-refractivity contribution in [3.8, 4) is 6.07 Å². The van der Waals surface area contributed by atoms with Gasteiger partial charge in [-0.15, -0.1) is 11.8 Å². The topological polar surface area (TPSA) is 23.8 Å². The van der Waals surface area contributed by atoms with Crippen LogP contribution in [0.25, 0.3) is 0 Å². The Morgan fingerprint density at radius 3 is 2.52 bits per heavy atom. The summed E-state index contributed by atoms with van der Waals surface area (Å²) in [5.41, 5.74) is 1.01. The molecule has 0 atom stereocenters. The van der Waals surface area contributed by atoms with Crippen LogP contribution in [0.2, 0.25) is 0 Å². The van der Waals surface area contributed by atoms with Gasteiger partial charge in [0.25, 0.3) is 0 Å². The smallest absolute Gasteiger partial charge is 0.192 e. The molecule has 21 heavy (non-hydrogen) atoms. The van der Waals surface area contributed by atoms with Gasteiger partial charge in [0.15, 0.2) is 0 Å². The summed E-state index contributed by atoms with van der Waals surface area (Å²) in [6.07, 6.45) is -4.50. The second-order valence-corrected chi connectivity index (χ2v) is 5.64. The van der Waals surface area contributed by atoms with Gasteiger partial charge in [0.05, 0.1) is 17.2 Å². The highest BCUT2D eigenvalue weighted by molar-refractivity contribution is 7.98. The van der Waals surface area contributed by atoms with Crippen LogP contribution in [0.3, 0.4) is 0 Å². The minimum Gasteiger partial charge on any atom is -0.192 e. The van der Waals surface area contributed by atoms with E-state index in [0.717, 1.165) is 17.2 Å². The zero-order valence-corrected chi connectivity index (χ0v) is 12.1. The van der Waals surface area contributed by atoms with Gasteiger partial charge >= 0.3 is 6.18 Å². The number of aryl methyl sites for hydroxylation is 1. The molecule has 0 saturated carbocycles. The molecule has 2 aromatic carbocycles. The molecule has 108 valence electrons. The second kappa shape index (κ2) is 6.23. The fraction of sp³-hybridized carbons (Fsp3) is 0.188. The molecule has 0 spiro atoms. The van der Waals surface area contributed by atoms with Crippen molar-refractivity contribution in [2.75, 3.05) is 0 Å². The van der Waals surface area contributed by atoms with E-state index in [1.54, 1.807) is 6.07 Å². The van der Waals surface area contributed by atoms with E-state index in [1.165, 1.54) is 23.9 Å². The molecule has 0 bridgehead atoms. The molecule has 0 aliphatic carbocycles. The molecule has 1 nitrogen and oxygen atoms in total. The minimum absolute atomic E-state index is 0.336. The molecule has 0 unspecified atom stereocenters. The lowest BCUT2D eigenvalue weighted by molar-refractivity contribution is -0.137. The Morgan fingerprint density at radius 2 is 1.90 bits per heavy atom. The molecule has 0 aliphatic heterocycles. The predicted octanol–water partition coefficient (Wildman–Crippen LogP) is 5.18. The molecule has 0 radical (unpaired) electrons. The maximum atomic E-state index is 12.7. The molecular weight excluding hydrogens is 295 g/mol. The molecule has 0 heterocycles. The van der Waals surface area contributed by atoms with Crippen LogP contribution in [0.4, 0.5) is 13.2 Å². The highest BCUT2D eigenvalue weighted by atomic mass is 32.2. The number of thioether (sulfide) groups is 1. The van der Waals surface area contributed by atoms with Gasteiger partial charge in [-0.05, 0) is 30.7 Å². The standard InChI is InChI=1S/C16H12F3NS/c1-11-3-2-4-12(7-11)10-21-14-5-6-15(16(17,18)19)13(8-14)9-20/h2-8H,10H2,1H3. The van der Waals surface area contributed by atoms with Crippen molar-refractivity contribution < 1.29 is 13.2 Å². The van der Waals surface area contributed by atoms with Crippen molar-refractivity contribution in [3.05, 3.63) is 64.7 Å². The second-order valence-electron chi connectivity index (χ2n) is 4.59. The van der Waals surface area contributed by atoms with Crippen LogP contribution in [0.15, 0.2) is 47.4 Å². The van der Waals surface area contributed by atoms with Gasteiger partial charge in [-0.1, -0.05) is 29.8 Å². The first-order valence-corrected chi connectivity index (χ1v) is 7.18. The summed E-state index contributed by atoms with van der Waals surface area (Å²) in [5.74, 6) is 0.651. The quantitative estimate of drug-likeness (QED) is 0.730. The van der Waals surface area contributed by atoms with E-state index < -0.39 is 11.7 Å². The first-order valence-electron chi connectivity index (χ1n) is 6.20. The lowest BCUT2D eigenvalue weighted by Gasteiger charge is -2.10. The molecule has 5 heteroatoms. The normalized spacial score (nSPS) is 11.2. The Balaban J connectivity index is 2.17. The van der Waals surface area contributed by atoms with E-state index in [2.05, 4.69) is 0 Å². The maximum absolute atomic E-state index is 12.7. The molecule has 2 rings (SSSR count).